The Kier molecular flexibility index (Phi) is 3.10. The maximum atomic E-state index is 11.7. The third kappa shape index (κ3) is 2.28. The van der Waals surface area contributed by atoms with E-state index in [2.05, 4.69) is 0 Å². The molecule has 1 aromatic rings. The van der Waals surface area contributed by atoms with Gasteiger partial charge in [0.2, 0.25) is 0 Å². The van der Waals surface area contributed by atoms with E-state index in [1.54, 1.807) is 7.05 Å². The number of amides is 1. The number of hydrogen-bond donors (Lipinski definition) is 0. The lowest BCUT2D eigenvalue weighted by Crippen LogP contribution is -2.22. The van der Waals surface area contributed by atoms with Crippen LogP contribution in [-0.2, 0) is 16.1 Å². The molecule has 4 nitrogen and oxygen atoms in total. The highest BCUT2D eigenvalue weighted by atomic mass is 16.5. The summed E-state index contributed by atoms with van der Waals surface area (Å²) in [5, 5.41) is 8.90. The van der Waals surface area contributed by atoms with Crippen LogP contribution in [0.25, 0.3) is 0 Å². The number of ether oxygens (including phenoxy) is 1. The lowest BCUT2D eigenvalue weighted by atomic mass is 10.2. The van der Waals surface area contributed by atoms with Crippen molar-refractivity contribution in [1.82, 2.24) is 4.90 Å². The first-order valence-electron chi connectivity index (χ1n) is 5.28. The van der Waals surface area contributed by atoms with Gasteiger partial charge in [-0.15, -0.1) is 0 Å². The molecule has 1 amide bonds. The van der Waals surface area contributed by atoms with Gasteiger partial charge >= 0.3 is 0 Å². The van der Waals surface area contributed by atoms with Crippen LogP contribution in [-0.4, -0.2) is 24.4 Å². The molecule has 0 N–H and O–H groups in total. The largest absolute Gasteiger partial charge is 0.482 e. The van der Waals surface area contributed by atoms with Crippen LogP contribution in [0.5, 0.6) is 0 Å². The zero-order valence-electron chi connectivity index (χ0n) is 9.51. The molecule has 0 atom stereocenters. The number of nitrogens with zero attached hydrogens (tertiary/aromatic N) is 2. The van der Waals surface area contributed by atoms with Crippen LogP contribution in [0.4, 0.5) is 0 Å². The minimum atomic E-state index is -0.225. The van der Waals surface area contributed by atoms with Crippen molar-refractivity contribution in [2.45, 2.75) is 6.61 Å². The Morgan fingerprint density at radius 1 is 1.41 bits per heavy atom. The maximum absolute atomic E-state index is 11.7. The van der Waals surface area contributed by atoms with Crippen LogP contribution in [0, 0.1) is 11.3 Å². The maximum Gasteiger partial charge on any atom is 0.290 e. The second-order valence-electron chi connectivity index (χ2n) is 3.85. The Morgan fingerprint density at radius 2 is 2.12 bits per heavy atom. The van der Waals surface area contributed by atoms with E-state index < -0.39 is 0 Å². The van der Waals surface area contributed by atoms with Crippen molar-refractivity contribution in [2.75, 3.05) is 13.6 Å². The molecule has 17 heavy (non-hydrogen) atoms. The van der Waals surface area contributed by atoms with Gasteiger partial charge in [0, 0.05) is 7.05 Å². The number of carbonyl (C=O) groups is 1. The van der Waals surface area contributed by atoms with Crippen LogP contribution >= 0.6 is 0 Å². The molecule has 0 bridgehead atoms. The van der Waals surface area contributed by atoms with Crippen LogP contribution < -0.4 is 0 Å². The second-order valence-corrected chi connectivity index (χ2v) is 3.85. The summed E-state index contributed by atoms with van der Waals surface area (Å²) in [6.45, 7) is 0.639. The summed E-state index contributed by atoms with van der Waals surface area (Å²) in [6, 6.07) is 11.6. The predicted octanol–water partition coefficient (Wildman–Crippen LogP) is 1.45. The topological polar surface area (TPSA) is 53.3 Å². The molecule has 4 heteroatoms. The lowest BCUT2D eigenvalue weighted by molar-refractivity contribution is -0.127. The first-order chi connectivity index (χ1) is 8.22. The van der Waals surface area contributed by atoms with Crippen molar-refractivity contribution in [1.29, 1.82) is 5.26 Å². The fraction of sp³-hybridized carbons (Fsp3) is 0.231. The van der Waals surface area contributed by atoms with Gasteiger partial charge in [-0.1, -0.05) is 30.3 Å². The van der Waals surface area contributed by atoms with Crippen LogP contribution in [0.1, 0.15) is 5.56 Å². The summed E-state index contributed by atoms with van der Waals surface area (Å²) < 4.78 is 5.44. The molecule has 1 heterocycles. The van der Waals surface area contributed by atoms with Crippen molar-refractivity contribution >= 4 is 5.91 Å². The fourth-order valence-electron chi connectivity index (χ4n) is 1.65. The molecule has 0 aliphatic carbocycles. The Balaban J connectivity index is 2.09. The molecule has 2 rings (SSSR count). The summed E-state index contributed by atoms with van der Waals surface area (Å²) in [4.78, 5) is 13.2. The van der Waals surface area contributed by atoms with Crippen LogP contribution in [0.3, 0.4) is 0 Å². The zero-order chi connectivity index (χ0) is 12.3. The molecule has 1 aromatic carbocycles. The number of nitriles is 1. The number of hydrogen-bond acceptors (Lipinski definition) is 3. The van der Waals surface area contributed by atoms with Crippen LogP contribution in [0.15, 0.2) is 41.7 Å². The molecule has 0 unspecified atom stereocenters. The van der Waals surface area contributed by atoms with Crippen molar-refractivity contribution in [3.05, 3.63) is 47.2 Å². The molecule has 1 aliphatic rings. The Labute approximate surface area is 99.7 Å². The molecule has 0 aromatic heterocycles. The van der Waals surface area contributed by atoms with Crippen molar-refractivity contribution < 1.29 is 9.53 Å². The summed E-state index contributed by atoms with van der Waals surface area (Å²) in [5.74, 6) is -0.0451. The number of likely N-dealkylation sites (N-methyl/N-ethyl adjacent to an activating group) is 1. The average molecular weight is 228 g/mol. The van der Waals surface area contributed by atoms with E-state index in [1.807, 2.05) is 36.4 Å². The first kappa shape index (κ1) is 11.2. The highest BCUT2D eigenvalue weighted by Gasteiger charge is 2.29. The highest BCUT2D eigenvalue weighted by Crippen LogP contribution is 2.19. The van der Waals surface area contributed by atoms with E-state index >= 15 is 0 Å². The van der Waals surface area contributed by atoms with E-state index in [4.69, 9.17) is 10.00 Å². The number of carbonyl (C=O) groups excluding carboxylic acids is 1. The van der Waals surface area contributed by atoms with E-state index in [0.29, 0.717) is 18.7 Å². The molecule has 86 valence electrons. The summed E-state index contributed by atoms with van der Waals surface area (Å²) in [6.07, 6.45) is 0. The Hall–Kier alpha value is -2.28. The quantitative estimate of drug-likeness (QED) is 0.786. The number of benzene rings is 1. The summed E-state index contributed by atoms with van der Waals surface area (Å²) in [7, 11) is 1.65. The van der Waals surface area contributed by atoms with E-state index in [0.717, 1.165) is 5.56 Å². The summed E-state index contributed by atoms with van der Waals surface area (Å²) >= 11 is 0. The molecule has 1 aliphatic heterocycles. The van der Waals surface area contributed by atoms with Gasteiger partial charge in [0.15, 0.2) is 5.76 Å². The van der Waals surface area contributed by atoms with Crippen molar-refractivity contribution in [3.8, 4) is 6.07 Å². The average Bonchev–Trinajstić information content (AvgIpc) is 2.64. The zero-order valence-corrected chi connectivity index (χ0v) is 9.51. The van der Waals surface area contributed by atoms with E-state index in [1.165, 1.54) is 4.90 Å². The van der Waals surface area contributed by atoms with Crippen LogP contribution in [0.2, 0.25) is 0 Å². The van der Waals surface area contributed by atoms with Gasteiger partial charge in [-0.05, 0) is 5.56 Å². The second kappa shape index (κ2) is 4.71. The van der Waals surface area contributed by atoms with Crippen molar-refractivity contribution in [2.24, 2.45) is 0 Å². The normalized spacial score (nSPS) is 15.1. The molecule has 0 saturated heterocycles. The molecule has 0 saturated carbocycles. The molecular weight excluding hydrogens is 216 g/mol. The van der Waals surface area contributed by atoms with Crippen molar-refractivity contribution in [3.63, 3.8) is 0 Å². The van der Waals surface area contributed by atoms with Gasteiger partial charge in [-0.2, -0.15) is 5.26 Å². The van der Waals surface area contributed by atoms with E-state index in [-0.39, 0.29) is 11.7 Å². The number of rotatable bonds is 3. The smallest absolute Gasteiger partial charge is 0.290 e. The Bertz CT molecular complexity index is 500. The standard InChI is InChI=1S/C13H12N2O2/c1-15-8-11(7-14)12(13(15)16)17-9-10-5-3-2-4-6-10/h2-6H,8-9H2,1H3. The molecule has 0 fully saturated rings. The molecular formula is C13H12N2O2. The SMILES string of the molecule is CN1CC(C#N)=C(OCc2ccccc2)C1=O. The minimum absolute atomic E-state index is 0.179. The fourth-order valence-corrected chi connectivity index (χ4v) is 1.65. The Morgan fingerprint density at radius 3 is 2.76 bits per heavy atom. The van der Waals surface area contributed by atoms with Gasteiger partial charge in [0.1, 0.15) is 12.7 Å². The van der Waals surface area contributed by atoms with E-state index in [9.17, 15) is 4.79 Å². The summed E-state index contributed by atoms with van der Waals surface area (Å²) in [5.41, 5.74) is 1.37. The van der Waals surface area contributed by atoms with Gasteiger partial charge in [0.25, 0.3) is 5.91 Å². The third-order valence-electron chi connectivity index (χ3n) is 2.57. The first-order valence-corrected chi connectivity index (χ1v) is 5.28. The third-order valence-corrected chi connectivity index (χ3v) is 2.57. The molecule has 0 radical (unpaired) electrons. The van der Waals surface area contributed by atoms with Gasteiger partial charge in [-0.3, -0.25) is 4.79 Å². The highest BCUT2D eigenvalue weighted by molar-refractivity contribution is 5.95. The monoisotopic (exact) mass is 228 g/mol. The predicted molar refractivity (Wildman–Crippen MR) is 61.5 cm³/mol. The van der Waals surface area contributed by atoms with Gasteiger partial charge in [0.05, 0.1) is 12.1 Å². The molecule has 0 spiro atoms. The van der Waals surface area contributed by atoms with Gasteiger partial charge < -0.3 is 9.64 Å². The minimum Gasteiger partial charge on any atom is -0.482 e. The van der Waals surface area contributed by atoms with Gasteiger partial charge in [-0.25, -0.2) is 0 Å². The lowest BCUT2D eigenvalue weighted by Gasteiger charge is -2.09.